The van der Waals surface area contributed by atoms with Crippen LogP contribution in [-0.4, -0.2) is 58.0 Å². The maximum atomic E-state index is 12.8. The molecule has 6 rings (SSSR count). The highest BCUT2D eigenvalue weighted by Crippen LogP contribution is 2.52. The van der Waals surface area contributed by atoms with Crippen LogP contribution in [-0.2, 0) is 9.53 Å². The first kappa shape index (κ1) is 20.4. The predicted octanol–water partition coefficient (Wildman–Crippen LogP) is 2.83. The van der Waals surface area contributed by atoms with Gasteiger partial charge in [0, 0.05) is 19.0 Å². The number of nitrogens with zero attached hydrogens (tertiary/aromatic N) is 3. The van der Waals surface area contributed by atoms with Crippen molar-refractivity contribution in [3.63, 3.8) is 0 Å². The van der Waals surface area contributed by atoms with Gasteiger partial charge >= 0.3 is 12.1 Å². The van der Waals surface area contributed by atoms with Gasteiger partial charge in [-0.2, -0.15) is 0 Å². The zero-order valence-electron chi connectivity index (χ0n) is 17.9. The molecule has 1 aliphatic heterocycles. The molecular formula is C24H20N4O6. The minimum Gasteiger partial charge on any atom is -0.481 e. The van der Waals surface area contributed by atoms with E-state index < -0.39 is 23.9 Å². The molecule has 1 saturated heterocycles. The number of anilines is 1. The Kier molecular flexibility index (Phi) is 4.61. The fraction of sp³-hybridized carbons (Fsp3) is 0.292. The number of fused-ring (bicyclic) bond motifs is 4. The fourth-order valence-electron chi connectivity index (χ4n) is 5.35. The molecule has 0 bridgehead atoms. The molecule has 2 unspecified atom stereocenters. The van der Waals surface area contributed by atoms with E-state index in [1.807, 2.05) is 48.5 Å². The van der Waals surface area contributed by atoms with Gasteiger partial charge in [0.05, 0.1) is 5.92 Å². The number of likely N-dealkylation sites (tertiary alicyclic amines) is 1. The normalized spacial score (nSPS) is 22.0. The predicted molar refractivity (Wildman–Crippen MR) is 117 cm³/mol. The second-order valence-corrected chi connectivity index (χ2v) is 8.81. The number of rotatable bonds is 5. The van der Waals surface area contributed by atoms with Crippen LogP contribution in [0.3, 0.4) is 0 Å². The summed E-state index contributed by atoms with van der Waals surface area (Å²) >= 11 is 0. The molecular weight excluding hydrogens is 440 g/mol. The maximum Gasteiger partial charge on any atom is 0.412 e. The van der Waals surface area contributed by atoms with Crippen LogP contribution in [0, 0.1) is 17.8 Å². The number of benzene rings is 2. The first-order valence-corrected chi connectivity index (χ1v) is 11.0. The Morgan fingerprint density at radius 1 is 1.00 bits per heavy atom. The lowest BCUT2D eigenvalue weighted by molar-refractivity contribution is -0.139. The van der Waals surface area contributed by atoms with E-state index >= 15 is 0 Å². The third-order valence-electron chi connectivity index (χ3n) is 7.02. The smallest absolute Gasteiger partial charge is 0.412 e. The molecule has 10 heteroatoms. The molecule has 0 spiro atoms. The van der Waals surface area contributed by atoms with Crippen molar-refractivity contribution in [3.05, 3.63) is 65.4 Å². The minimum atomic E-state index is -0.831. The van der Waals surface area contributed by atoms with Crippen LogP contribution >= 0.6 is 0 Å². The summed E-state index contributed by atoms with van der Waals surface area (Å²) in [6.07, 6.45) is -0.776. The summed E-state index contributed by atoms with van der Waals surface area (Å²) in [6.45, 7) is 0.774. The summed E-state index contributed by atoms with van der Waals surface area (Å²) in [5, 5.41) is 18.9. The Labute approximate surface area is 193 Å². The van der Waals surface area contributed by atoms with Crippen LogP contribution in [0.25, 0.3) is 11.1 Å². The van der Waals surface area contributed by atoms with E-state index in [1.54, 1.807) is 0 Å². The van der Waals surface area contributed by atoms with E-state index in [9.17, 15) is 14.4 Å². The molecule has 34 heavy (non-hydrogen) atoms. The lowest BCUT2D eigenvalue weighted by atomic mass is 9.98. The quantitative estimate of drug-likeness (QED) is 0.593. The van der Waals surface area contributed by atoms with Gasteiger partial charge in [0.1, 0.15) is 6.61 Å². The van der Waals surface area contributed by atoms with Gasteiger partial charge < -0.3 is 14.7 Å². The Hall–Kier alpha value is -4.21. The lowest BCUT2D eigenvalue weighted by Crippen LogP contribution is -2.33. The van der Waals surface area contributed by atoms with E-state index in [1.165, 1.54) is 4.90 Å². The van der Waals surface area contributed by atoms with Crippen molar-refractivity contribution < 1.29 is 28.9 Å². The highest BCUT2D eigenvalue weighted by Gasteiger charge is 2.60. The number of amides is 2. The number of piperidine rings is 1. The molecule has 2 amide bonds. The summed E-state index contributed by atoms with van der Waals surface area (Å²) in [6, 6.07) is 16.0. The molecule has 1 aromatic heterocycles. The average Bonchev–Trinajstić information content (AvgIpc) is 3.19. The summed E-state index contributed by atoms with van der Waals surface area (Å²) in [5.74, 6) is -2.00. The Balaban J connectivity index is 1.11. The van der Waals surface area contributed by atoms with Crippen molar-refractivity contribution in [2.45, 2.75) is 5.92 Å². The van der Waals surface area contributed by atoms with Crippen LogP contribution in [0.1, 0.15) is 27.5 Å². The van der Waals surface area contributed by atoms with Crippen molar-refractivity contribution in [2.24, 2.45) is 17.8 Å². The van der Waals surface area contributed by atoms with Crippen LogP contribution < -0.4 is 5.32 Å². The molecule has 172 valence electrons. The number of nitrogens with one attached hydrogen (secondary N) is 1. The Bertz CT molecular complexity index is 1260. The van der Waals surface area contributed by atoms with Gasteiger partial charge in [-0.15, -0.1) is 0 Å². The van der Waals surface area contributed by atoms with Crippen LogP contribution in [0.4, 0.5) is 10.6 Å². The Morgan fingerprint density at radius 3 is 2.24 bits per heavy atom. The van der Waals surface area contributed by atoms with Crippen molar-refractivity contribution in [1.29, 1.82) is 0 Å². The second kappa shape index (κ2) is 7.68. The molecule has 1 saturated carbocycles. The third kappa shape index (κ3) is 3.21. The lowest BCUT2D eigenvalue weighted by Gasteiger charge is -2.18. The largest absolute Gasteiger partial charge is 0.481 e. The van der Waals surface area contributed by atoms with Crippen molar-refractivity contribution in [2.75, 3.05) is 25.0 Å². The zero-order chi connectivity index (χ0) is 23.4. The van der Waals surface area contributed by atoms with Gasteiger partial charge in [0.15, 0.2) is 0 Å². The van der Waals surface area contributed by atoms with Gasteiger partial charge in [-0.3, -0.25) is 14.9 Å². The number of aromatic nitrogens is 2. The van der Waals surface area contributed by atoms with Gasteiger partial charge in [-0.1, -0.05) is 48.5 Å². The van der Waals surface area contributed by atoms with Crippen molar-refractivity contribution in [1.82, 2.24) is 15.2 Å². The van der Waals surface area contributed by atoms with E-state index in [-0.39, 0.29) is 35.9 Å². The molecule has 10 nitrogen and oxygen atoms in total. The number of carbonyl (C=O) groups is 3. The fourth-order valence-corrected chi connectivity index (χ4v) is 5.35. The van der Waals surface area contributed by atoms with Crippen LogP contribution in [0.2, 0.25) is 0 Å². The number of carboxylic acid groups (broad SMARTS) is 1. The zero-order valence-corrected chi connectivity index (χ0v) is 17.9. The average molecular weight is 460 g/mol. The summed E-state index contributed by atoms with van der Waals surface area (Å²) in [7, 11) is 0. The number of hydrogen-bond donors (Lipinski definition) is 2. The molecule has 2 heterocycles. The second-order valence-electron chi connectivity index (χ2n) is 8.81. The molecule has 3 aromatic rings. The van der Waals surface area contributed by atoms with Gasteiger partial charge in [-0.05, 0) is 44.4 Å². The Morgan fingerprint density at radius 2 is 1.62 bits per heavy atom. The number of carboxylic acids is 1. The number of aliphatic carboxylic acids is 1. The van der Waals surface area contributed by atoms with E-state index in [2.05, 4.69) is 20.3 Å². The third-order valence-corrected chi connectivity index (χ3v) is 7.02. The van der Waals surface area contributed by atoms with E-state index in [0.29, 0.717) is 13.1 Å². The highest BCUT2D eigenvalue weighted by molar-refractivity contribution is 6.00. The molecule has 3 aliphatic rings. The van der Waals surface area contributed by atoms with Gasteiger partial charge in [0.2, 0.25) is 11.5 Å². The molecule has 2 fully saturated rings. The standard InChI is InChI=1S/C24H20N4O6/c29-22(28-9-16-17(10-28)19(16)23(30)31)20-21(27-34-26-20)25-24(32)33-11-18-14-7-3-1-5-12(14)13-6-2-4-8-15(13)18/h1-8,16-19H,9-11H2,(H,30,31)(H,25,27,32). The summed E-state index contributed by atoms with van der Waals surface area (Å²) in [4.78, 5) is 38.0. The monoisotopic (exact) mass is 460 g/mol. The van der Waals surface area contributed by atoms with Crippen LogP contribution in [0.5, 0.6) is 0 Å². The van der Waals surface area contributed by atoms with E-state index in [0.717, 1.165) is 22.3 Å². The highest BCUT2D eigenvalue weighted by atomic mass is 16.6. The molecule has 2 aromatic carbocycles. The van der Waals surface area contributed by atoms with Crippen LogP contribution in [0.15, 0.2) is 53.2 Å². The topological polar surface area (TPSA) is 135 Å². The van der Waals surface area contributed by atoms with Gasteiger partial charge in [-0.25, -0.2) is 9.42 Å². The van der Waals surface area contributed by atoms with Gasteiger partial charge in [0.25, 0.3) is 5.91 Å². The first-order valence-electron chi connectivity index (χ1n) is 11.0. The summed E-state index contributed by atoms with van der Waals surface area (Å²) < 4.78 is 10.2. The number of carbonyl (C=O) groups excluding carboxylic acids is 2. The van der Waals surface area contributed by atoms with Crippen molar-refractivity contribution >= 4 is 23.8 Å². The molecule has 0 radical (unpaired) electrons. The summed E-state index contributed by atoms with van der Waals surface area (Å²) in [5.41, 5.74) is 4.27. The minimum absolute atomic E-state index is 0.0418. The molecule has 2 N–H and O–H groups in total. The molecule has 2 atom stereocenters. The number of hydrogen-bond acceptors (Lipinski definition) is 7. The van der Waals surface area contributed by atoms with Crippen molar-refractivity contribution in [3.8, 4) is 11.1 Å². The SMILES string of the molecule is O=C(Nc1nonc1C(=O)N1CC2C(C1)C2C(=O)O)OCC1c2ccccc2-c2ccccc21. The maximum absolute atomic E-state index is 12.8. The molecule has 2 aliphatic carbocycles. The van der Waals surface area contributed by atoms with E-state index in [4.69, 9.17) is 9.84 Å². The first-order chi connectivity index (χ1) is 16.5. The number of ether oxygens (including phenoxy) is 1.